The minimum atomic E-state index is -0.279. The van der Waals surface area contributed by atoms with E-state index in [1.807, 2.05) is 7.05 Å². The first kappa shape index (κ1) is 13.7. The van der Waals surface area contributed by atoms with Gasteiger partial charge in [0.05, 0.1) is 6.33 Å². The van der Waals surface area contributed by atoms with Gasteiger partial charge in [0, 0.05) is 20.3 Å². The lowest BCUT2D eigenvalue weighted by Gasteiger charge is -2.24. The number of nitrogens with two attached hydrogens (primary N) is 1. The number of hydrogen-bond acceptors (Lipinski definition) is 6. The normalized spacial score (nSPS) is 17.4. The van der Waals surface area contributed by atoms with Gasteiger partial charge in [-0.25, -0.2) is 19.7 Å². The van der Waals surface area contributed by atoms with Crippen LogP contribution in [0.5, 0.6) is 0 Å². The summed E-state index contributed by atoms with van der Waals surface area (Å²) in [6, 6.07) is -0.162. The Kier molecular flexibility index (Phi) is 4.11. The number of H-pyrrole nitrogens is 1. The Labute approximate surface area is 115 Å². The van der Waals surface area contributed by atoms with Gasteiger partial charge in [0.1, 0.15) is 18.0 Å². The second kappa shape index (κ2) is 5.97. The quantitative estimate of drug-likeness (QED) is 0.573. The lowest BCUT2D eigenvalue weighted by molar-refractivity contribution is 0.200. The van der Waals surface area contributed by atoms with Crippen LogP contribution in [0.3, 0.4) is 0 Å². The number of fused-ring (bicyclic) bond motifs is 1. The fourth-order valence-electron chi connectivity index (χ4n) is 1.54. The number of imidazole rings is 1. The highest BCUT2D eigenvalue weighted by molar-refractivity contribution is 5.81. The third kappa shape index (κ3) is 2.83. The summed E-state index contributed by atoms with van der Waals surface area (Å²) >= 11 is 0. The summed E-state index contributed by atoms with van der Waals surface area (Å²) in [6.45, 7) is 0. The molecule has 0 saturated carbocycles. The molecule has 0 saturated heterocycles. The van der Waals surface area contributed by atoms with Crippen LogP contribution in [-0.2, 0) is 0 Å². The molecule has 106 valence electrons. The van der Waals surface area contributed by atoms with Crippen LogP contribution in [0, 0.1) is 0 Å². The molecule has 20 heavy (non-hydrogen) atoms. The number of rotatable bonds is 1. The van der Waals surface area contributed by atoms with Gasteiger partial charge in [-0.05, 0) is 6.08 Å². The molecule has 0 aromatic carbocycles. The van der Waals surface area contributed by atoms with Gasteiger partial charge in [-0.2, -0.15) is 0 Å². The zero-order valence-corrected chi connectivity index (χ0v) is 11.2. The largest absolute Gasteiger partial charge is 0.371 e. The van der Waals surface area contributed by atoms with E-state index < -0.39 is 0 Å². The smallest absolute Gasteiger partial charge is 0.322 e. The topological polar surface area (TPSA) is 125 Å². The highest BCUT2D eigenvalue weighted by atomic mass is 16.2. The fraction of sp³-hybridized carbons (Fsp3) is 0.273. The van der Waals surface area contributed by atoms with E-state index in [9.17, 15) is 4.79 Å². The first-order chi connectivity index (χ1) is 9.63. The van der Waals surface area contributed by atoms with Crippen LogP contribution < -0.4 is 16.4 Å². The Balaban J connectivity index is 0.000000151. The van der Waals surface area contributed by atoms with E-state index in [1.165, 1.54) is 11.2 Å². The minimum absolute atomic E-state index is 0.162. The molecule has 1 aliphatic heterocycles. The first-order valence-electron chi connectivity index (χ1n) is 5.91. The third-order valence-corrected chi connectivity index (χ3v) is 2.73. The average Bonchev–Trinajstić information content (AvgIpc) is 2.93. The average molecular weight is 276 g/mol. The number of urea groups is 1. The molecule has 2 amide bonds. The van der Waals surface area contributed by atoms with Crippen molar-refractivity contribution in [3.8, 4) is 0 Å². The van der Waals surface area contributed by atoms with E-state index in [4.69, 9.17) is 5.73 Å². The molecule has 0 fully saturated rings. The van der Waals surface area contributed by atoms with E-state index in [-0.39, 0.29) is 12.2 Å². The third-order valence-electron chi connectivity index (χ3n) is 2.73. The number of anilines is 1. The predicted octanol–water partition coefficient (Wildman–Crippen LogP) is -0.165. The van der Waals surface area contributed by atoms with Crippen LogP contribution in [-0.4, -0.2) is 51.1 Å². The number of likely N-dealkylation sites (N-methyl/N-ethyl adjacent to an activating group) is 1. The van der Waals surface area contributed by atoms with Crippen molar-refractivity contribution in [1.29, 1.82) is 0 Å². The maximum absolute atomic E-state index is 10.7. The Morgan fingerprint density at radius 1 is 1.40 bits per heavy atom. The van der Waals surface area contributed by atoms with Crippen molar-refractivity contribution in [2.24, 2.45) is 5.73 Å². The van der Waals surface area contributed by atoms with Crippen LogP contribution >= 0.6 is 0 Å². The van der Waals surface area contributed by atoms with Crippen molar-refractivity contribution in [1.82, 2.24) is 30.2 Å². The fourth-order valence-corrected chi connectivity index (χ4v) is 1.54. The summed E-state index contributed by atoms with van der Waals surface area (Å²) in [4.78, 5) is 27.0. The molecule has 2 aromatic heterocycles. The van der Waals surface area contributed by atoms with Gasteiger partial charge in [0.25, 0.3) is 0 Å². The van der Waals surface area contributed by atoms with Crippen LogP contribution in [0.2, 0.25) is 0 Å². The van der Waals surface area contributed by atoms with Crippen LogP contribution in [0.1, 0.15) is 0 Å². The van der Waals surface area contributed by atoms with Crippen molar-refractivity contribution in [2.75, 3.05) is 19.4 Å². The lowest BCUT2D eigenvalue weighted by atomic mass is 10.4. The van der Waals surface area contributed by atoms with Gasteiger partial charge in [-0.15, -0.1) is 0 Å². The molecule has 0 radical (unpaired) electrons. The van der Waals surface area contributed by atoms with Crippen molar-refractivity contribution < 1.29 is 4.79 Å². The predicted molar refractivity (Wildman–Crippen MR) is 74.6 cm³/mol. The minimum Gasteiger partial charge on any atom is -0.371 e. The van der Waals surface area contributed by atoms with Crippen LogP contribution in [0.4, 0.5) is 10.6 Å². The van der Waals surface area contributed by atoms with E-state index in [1.54, 1.807) is 25.7 Å². The second-order valence-corrected chi connectivity index (χ2v) is 3.98. The molecule has 0 aliphatic carbocycles. The van der Waals surface area contributed by atoms with E-state index in [0.29, 0.717) is 5.65 Å². The summed E-state index contributed by atoms with van der Waals surface area (Å²) in [5.41, 5.74) is 6.97. The number of aromatic amines is 1. The van der Waals surface area contributed by atoms with Gasteiger partial charge >= 0.3 is 6.03 Å². The molecule has 1 aliphatic rings. The van der Waals surface area contributed by atoms with Gasteiger partial charge < -0.3 is 26.3 Å². The molecule has 5 N–H and O–H groups in total. The molecule has 0 bridgehead atoms. The molecule has 0 spiro atoms. The SMILES string of the molecule is CN1C(=O)NC=CC1N.CNc1ncnc2nc[nH]c12. The molecule has 1 unspecified atom stereocenters. The maximum Gasteiger partial charge on any atom is 0.322 e. The zero-order chi connectivity index (χ0) is 14.5. The Bertz CT molecular complexity index is 622. The van der Waals surface area contributed by atoms with Crippen molar-refractivity contribution in [2.45, 2.75) is 6.17 Å². The van der Waals surface area contributed by atoms with Gasteiger partial charge in [-0.3, -0.25) is 0 Å². The molecule has 9 nitrogen and oxygen atoms in total. The molecule has 9 heteroatoms. The molecule has 1 atom stereocenters. The number of nitrogens with one attached hydrogen (secondary N) is 3. The van der Waals surface area contributed by atoms with Gasteiger partial charge in [0.2, 0.25) is 0 Å². The van der Waals surface area contributed by atoms with Gasteiger partial charge in [-0.1, -0.05) is 0 Å². The zero-order valence-electron chi connectivity index (χ0n) is 11.2. The standard InChI is InChI=1S/C6H7N5.C5H9N3O/c1-7-5-4-6(10-2-8-4)11-3-9-5;1-8-4(6)2-3-7-5(8)9/h2-3H,1H3,(H2,7,8,9,10,11);2-4H,6H2,1H3,(H,7,9). The van der Waals surface area contributed by atoms with Crippen molar-refractivity contribution >= 4 is 23.0 Å². The van der Waals surface area contributed by atoms with E-state index in [0.717, 1.165) is 11.3 Å². The van der Waals surface area contributed by atoms with E-state index in [2.05, 4.69) is 30.6 Å². The summed E-state index contributed by atoms with van der Waals surface area (Å²) in [5.74, 6) is 0.771. The van der Waals surface area contributed by atoms with Crippen molar-refractivity contribution in [3.05, 3.63) is 24.9 Å². The van der Waals surface area contributed by atoms with Crippen LogP contribution in [0.15, 0.2) is 24.9 Å². The molecule has 3 rings (SSSR count). The Hall–Kier alpha value is -2.68. The van der Waals surface area contributed by atoms with Crippen LogP contribution in [0.25, 0.3) is 11.2 Å². The van der Waals surface area contributed by atoms with Gasteiger partial charge in [0.15, 0.2) is 11.5 Å². The monoisotopic (exact) mass is 276 g/mol. The summed E-state index contributed by atoms with van der Waals surface area (Å²) < 4.78 is 0. The highest BCUT2D eigenvalue weighted by Gasteiger charge is 2.15. The summed E-state index contributed by atoms with van der Waals surface area (Å²) in [6.07, 6.45) is 6.06. The second-order valence-electron chi connectivity index (χ2n) is 3.98. The van der Waals surface area contributed by atoms with E-state index >= 15 is 0 Å². The number of amides is 2. The maximum atomic E-state index is 10.7. The number of aromatic nitrogens is 4. The summed E-state index contributed by atoms with van der Waals surface area (Å²) in [5, 5.41) is 5.42. The highest BCUT2D eigenvalue weighted by Crippen LogP contribution is 2.12. The van der Waals surface area contributed by atoms with Crippen molar-refractivity contribution in [3.63, 3.8) is 0 Å². The molecular weight excluding hydrogens is 260 g/mol. The number of hydrogen-bond donors (Lipinski definition) is 4. The number of carbonyl (C=O) groups excluding carboxylic acids is 1. The number of carbonyl (C=O) groups is 1. The molecule has 3 heterocycles. The number of nitrogens with zero attached hydrogens (tertiary/aromatic N) is 4. The molecule has 2 aromatic rings. The molecular formula is C11H16N8O. The Morgan fingerprint density at radius 3 is 2.85 bits per heavy atom. The Morgan fingerprint density at radius 2 is 2.20 bits per heavy atom. The first-order valence-corrected chi connectivity index (χ1v) is 5.91. The summed E-state index contributed by atoms with van der Waals surface area (Å²) in [7, 11) is 3.45. The lowest BCUT2D eigenvalue weighted by Crippen LogP contribution is -2.48.